The Labute approximate surface area is 135 Å². The second-order valence-electron chi connectivity index (χ2n) is 4.27. The molecule has 2 aromatic rings. The maximum atomic E-state index is 12.2. The zero-order valence-corrected chi connectivity index (χ0v) is 13.6. The van der Waals surface area contributed by atoms with E-state index in [4.69, 9.17) is 9.84 Å². The molecule has 22 heavy (non-hydrogen) atoms. The van der Waals surface area contributed by atoms with Crippen LogP contribution in [0.3, 0.4) is 0 Å². The van der Waals surface area contributed by atoms with E-state index in [0.29, 0.717) is 5.69 Å². The molecule has 0 spiro atoms. The number of rotatable bonds is 6. The predicted octanol–water partition coefficient (Wildman–Crippen LogP) is 2.71. The monoisotopic (exact) mass is 385 g/mol. The average Bonchev–Trinajstić information content (AvgIpc) is 2.48. The molecule has 0 aliphatic rings. The minimum absolute atomic E-state index is 0.0538. The molecular weight excluding hydrogens is 374 g/mol. The van der Waals surface area contributed by atoms with Crippen molar-refractivity contribution in [2.75, 3.05) is 11.3 Å². The summed E-state index contributed by atoms with van der Waals surface area (Å²) in [7, 11) is -3.71. The number of hydrogen-bond donors (Lipinski definition) is 2. The van der Waals surface area contributed by atoms with Gasteiger partial charge in [-0.3, -0.25) is 4.72 Å². The van der Waals surface area contributed by atoms with Crippen LogP contribution in [-0.4, -0.2) is 26.1 Å². The van der Waals surface area contributed by atoms with Gasteiger partial charge in [-0.15, -0.1) is 0 Å². The molecule has 0 amide bonds. The lowest BCUT2D eigenvalue weighted by molar-refractivity contribution is -0.139. The molecule has 6 nitrogen and oxygen atoms in total. The van der Waals surface area contributed by atoms with Gasteiger partial charge in [0.1, 0.15) is 5.75 Å². The lowest BCUT2D eigenvalue weighted by atomic mass is 10.3. The van der Waals surface area contributed by atoms with Gasteiger partial charge in [0.25, 0.3) is 10.0 Å². The van der Waals surface area contributed by atoms with E-state index in [-0.39, 0.29) is 10.6 Å². The molecule has 0 heterocycles. The number of carboxylic acids is 1. The molecule has 8 heteroatoms. The summed E-state index contributed by atoms with van der Waals surface area (Å²) in [6.45, 7) is -0.483. The molecule has 0 aliphatic heterocycles. The normalized spacial score (nSPS) is 11.0. The van der Waals surface area contributed by atoms with Crippen LogP contribution < -0.4 is 9.46 Å². The third-order valence-electron chi connectivity index (χ3n) is 2.59. The van der Waals surface area contributed by atoms with Crippen LogP contribution in [0.4, 0.5) is 5.69 Å². The van der Waals surface area contributed by atoms with Gasteiger partial charge in [-0.05, 0) is 48.5 Å². The summed E-state index contributed by atoms with van der Waals surface area (Å²) in [6, 6.07) is 12.2. The summed E-state index contributed by atoms with van der Waals surface area (Å²) >= 11 is 3.27. The molecule has 116 valence electrons. The quantitative estimate of drug-likeness (QED) is 0.797. The predicted molar refractivity (Wildman–Crippen MR) is 84.5 cm³/mol. The van der Waals surface area contributed by atoms with Crippen molar-refractivity contribution in [1.82, 2.24) is 0 Å². The van der Waals surface area contributed by atoms with Crippen molar-refractivity contribution in [1.29, 1.82) is 0 Å². The van der Waals surface area contributed by atoms with Crippen LogP contribution in [0.25, 0.3) is 0 Å². The molecule has 0 saturated carbocycles. The van der Waals surface area contributed by atoms with Crippen LogP contribution in [0.2, 0.25) is 0 Å². The van der Waals surface area contributed by atoms with E-state index in [0.717, 1.165) is 4.47 Å². The zero-order valence-electron chi connectivity index (χ0n) is 11.2. The summed E-state index contributed by atoms with van der Waals surface area (Å²) < 4.78 is 32.6. The number of nitrogens with one attached hydrogen (secondary N) is 1. The average molecular weight is 386 g/mol. The zero-order chi connectivity index (χ0) is 16.2. The van der Waals surface area contributed by atoms with Crippen LogP contribution >= 0.6 is 15.9 Å². The number of hydrogen-bond acceptors (Lipinski definition) is 4. The van der Waals surface area contributed by atoms with Gasteiger partial charge in [0, 0.05) is 10.2 Å². The Morgan fingerprint density at radius 3 is 2.23 bits per heavy atom. The van der Waals surface area contributed by atoms with Crippen molar-refractivity contribution in [3.05, 3.63) is 53.0 Å². The van der Waals surface area contributed by atoms with Crippen molar-refractivity contribution in [2.45, 2.75) is 4.90 Å². The van der Waals surface area contributed by atoms with Crippen LogP contribution in [-0.2, 0) is 14.8 Å². The minimum Gasteiger partial charge on any atom is -0.482 e. The largest absolute Gasteiger partial charge is 0.482 e. The minimum atomic E-state index is -3.71. The van der Waals surface area contributed by atoms with E-state index >= 15 is 0 Å². The van der Waals surface area contributed by atoms with Gasteiger partial charge in [0.2, 0.25) is 0 Å². The third-order valence-corrected chi connectivity index (χ3v) is 4.52. The summed E-state index contributed by atoms with van der Waals surface area (Å²) in [5.41, 5.74) is 0.439. The van der Waals surface area contributed by atoms with E-state index < -0.39 is 22.6 Å². The van der Waals surface area contributed by atoms with E-state index in [1.165, 1.54) is 24.3 Å². The van der Waals surface area contributed by atoms with Gasteiger partial charge in [-0.1, -0.05) is 15.9 Å². The summed E-state index contributed by atoms with van der Waals surface area (Å²) in [6.07, 6.45) is 0. The molecule has 0 bridgehead atoms. The Bertz CT molecular complexity index is 757. The Balaban J connectivity index is 2.12. The van der Waals surface area contributed by atoms with Crippen LogP contribution in [0.5, 0.6) is 5.75 Å². The number of anilines is 1. The molecule has 2 rings (SSSR count). The topological polar surface area (TPSA) is 92.7 Å². The molecule has 0 atom stereocenters. The molecule has 0 radical (unpaired) electrons. The first kappa shape index (κ1) is 16.3. The highest BCUT2D eigenvalue weighted by atomic mass is 79.9. The van der Waals surface area contributed by atoms with Crippen molar-refractivity contribution >= 4 is 37.6 Å². The van der Waals surface area contributed by atoms with Crippen molar-refractivity contribution in [3.8, 4) is 5.75 Å². The van der Waals surface area contributed by atoms with E-state index in [9.17, 15) is 13.2 Å². The van der Waals surface area contributed by atoms with Gasteiger partial charge in [0.05, 0.1) is 4.90 Å². The Morgan fingerprint density at radius 2 is 1.68 bits per heavy atom. The molecule has 0 unspecified atom stereocenters. The molecule has 0 aliphatic carbocycles. The highest BCUT2D eigenvalue weighted by Crippen LogP contribution is 2.20. The lowest BCUT2D eigenvalue weighted by Gasteiger charge is -2.09. The van der Waals surface area contributed by atoms with Gasteiger partial charge in [0.15, 0.2) is 6.61 Å². The van der Waals surface area contributed by atoms with Gasteiger partial charge >= 0.3 is 5.97 Å². The van der Waals surface area contributed by atoms with Crippen LogP contribution in [0.1, 0.15) is 0 Å². The van der Waals surface area contributed by atoms with Gasteiger partial charge in [-0.2, -0.15) is 0 Å². The molecule has 0 saturated heterocycles. The highest BCUT2D eigenvalue weighted by Gasteiger charge is 2.14. The summed E-state index contributed by atoms with van der Waals surface area (Å²) in [5.74, 6) is -0.821. The van der Waals surface area contributed by atoms with Gasteiger partial charge < -0.3 is 9.84 Å². The standard InChI is InChI=1S/C14H12BrNO5S/c15-10-1-3-11(4-2-10)16-22(19,20)13-7-5-12(6-8-13)21-9-14(17)18/h1-8,16H,9H2,(H,17,18). The van der Waals surface area contributed by atoms with Crippen molar-refractivity contribution < 1.29 is 23.1 Å². The fourth-order valence-electron chi connectivity index (χ4n) is 1.59. The van der Waals surface area contributed by atoms with Gasteiger partial charge in [-0.25, -0.2) is 13.2 Å². The second-order valence-corrected chi connectivity index (χ2v) is 6.86. The number of carboxylic acid groups (broad SMARTS) is 1. The molecular formula is C14H12BrNO5S. The van der Waals surface area contributed by atoms with E-state index in [2.05, 4.69) is 20.7 Å². The maximum Gasteiger partial charge on any atom is 0.341 e. The Kier molecular flexibility index (Phi) is 5.04. The van der Waals surface area contributed by atoms with Crippen molar-refractivity contribution in [2.24, 2.45) is 0 Å². The summed E-state index contributed by atoms with van der Waals surface area (Å²) in [5, 5.41) is 8.51. The molecule has 2 N–H and O–H groups in total. The van der Waals surface area contributed by atoms with E-state index in [1.807, 2.05) is 0 Å². The fraction of sp³-hybridized carbons (Fsp3) is 0.0714. The highest BCUT2D eigenvalue weighted by molar-refractivity contribution is 9.10. The van der Waals surface area contributed by atoms with Crippen molar-refractivity contribution in [3.63, 3.8) is 0 Å². The van der Waals surface area contributed by atoms with E-state index in [1.54, 1.807) is 24.3 Å². The number of halogens is 1. The Hall–Kier alpha value is -2.06. The Morgan fingerprint density at radius 1 is 1.09 bits per heavy atom. The second kappa shape index (κ2) is 6.80. The smallest absolute Gasteiger partial charge is 0.341 e. The molecule has 0 aromatic heterocycles. The molecule has 2 aromatic carbocycles. The number of sulfonamides is 1. The van der Waals surface area contributed by atoms with Crippen LogP contribution in [0, 0.1) is 0 Å². The first-order valence-electron chi connectivity index (χ1n) is 6.10. The number of ether oxygens (including phenoxy) is 1. The summed E-state index contributed by atoms with van der Waals surface area (Å²) in [4.78, 5) is 10.4. The lowest BCUT2D eigenvalue weighted by Crippen LogP contribution is -2.13. The number of carbonyl (C=O) groups is 1. The van der Waals surface area contributed by atoms with Crippen LogP contribution in [0.15, 0.2) is 57.9 Å². The fourth-order valence-corrected chi connectivity index (χ4v) is 2.92. The first-order chi connectivity index (χ1) is 10.4. The number of aliphatic carboxylic acids is 1. The number of benzene rings is 2. The molecule has 0 fully saturated rings. The first-order valence-corrected chi connectivity index (χ1v) is 8.37. The maximum absolute atomic E-state index is 12.2. The third kappa shape index (κ3) is 4.47. The SMILES string of the molecule is O=C(O)COc1ccc(S(=O)(=O)Nc2ccc(Br)cc2)cc1.